The Kier molecular flexibility index (Phi) is 3.11. The van der Waals surface area contributed by atoms with Crippen molar-refractivity contribution in [1.29, 1.82) is 0 Å². The molecular formula is C16H14N2O. The van der Waals surface area contributed by atoms with Crippen LogP contribution in [0.25, 0.3) is 11.4 Å². The number of benzene rings is 2. The van der Waals surface area contributed by atoms with E-state index in [0.29, 0.717) is 18.1 Å². The molecule has 0 aliphatic heterocycles. The third-order valence-corrected chi connectivity index (χ3v) is 2.98. The smallest absolute Gasteiger partial charge is 0.231 e. The third kappa shape index (κ3) is 2.71. The quantitative estimate of drug-likeness (QED) is 0.712. The van der Waals surface area contributed by atoms with E-state index in [-0.39, 0.29) is 0 Å². The summed E-state index contributed by atoms with van der Waals surface area (Å²) >= 11 is 0. The summed E-state index contributed by atoms with van der Waals surface area (Å²) in [5.41, 5.74) is 3.37. The standard InChI is InChI=1S/C16H14N2O/c1-12-7-9-14(10-8-12)16-17-15(19-18-16)11-13-5-3-2-4-6-13/h2-10H,11H2,1H3. The summed E-state index contributed by atoms with van der Waals surface area (Å²) in [4.78, 5) is 4.43. The zero-order valence-corrected chi connectivity index (χ0v) is 10.7. The third-order valence-electron chi connectivity index (χ3n) is 2.98. The van der Waals surface area contributed by atoms with Crippen LogP contribution in [-0.4, -0.2) is 10.1 Å². The fourth-order valence-corrected chi connectivity index (χ4v) is 1.92. The molecule has 0 N–H and O–H groups in total. The summed E-state index contributed by atoms with van der Waals surface area (Å²) in [5.74, 6) is 1.28. The highest BCUT2D eigenvalue weighted by molar-refractivity contribution is 5.54. The largest absolute Gasteiger partial charge is 0.339 e. The number of aryl methyl sites for hydroxylation is 1. The molecule has 0 radical (unpaired) electrons. The number of hydrogen-bond acceptors (Lipinski definition) is 3. The number of aromatic nitrogens is 2. The predicted molar refractivity (Wildman–Crippen MR) is 73.7 cm³/mol. The van der Waals surface area contributed by atoms with Crippen molar-refractivity contribution >= 4 is 0 Å². The van der Waals surface area contributed by atoms with Gasteiger partial charge in [0.25, 0.3) is 0 Å². The van der Waals surface area contributed by atoms with E-state index in [1.165, 1.54) is 11.1 Å². The highest BCUT2D eigenvalue weighted by Crippen LogP contribution is 2.17. The Morgan fingerprint density at radius 2 is 1.68 bits per heavy atom. The van der Waals surface area contributed by atoms with Gasteiger partial charge in [0, 0.05) is 5.56 Å². The first-order valence-electron chi connectivity index (χ1n) is 6.25. The second kappa shape index (κ2) is 5.06. The lowest BCUT2D eigenvalue weighted by Crippen LogP contribution is -1.88. The van der Waals surface area contributed by atoms with Gasteiger partial charge in [0.05, 0.1) is 6.42 Å². The summed E-state index contributed by atoms with van der Waals surface area (Å²) in [6, 6.07) is 18.2. The second-order valence-electron chi connectivity index (χ2n) is 4.54. The molecule has 0 bridgehead atoms. The van der Waals surface area contributed by atoms with Gasteiger partial charge in [-0.15, -0.1) is 0 Å². The summed E-state index contributed by atoms with van der Waals surface area (Å²) in [5, 5.41) is 4.03. The first-order chi connectivity index (χ1) is 9.31. The van der Waals surface area contributed by atoms with Crippen LogP contribution in [0.5, 0.6) is 0 Å². The molecule has 0 aliphatic carbocycles. The van der Waals surface area contributed by atoms with Crippen molar-refractivity contribution in [3.05, 3.63) is 71.6 Å². The highest BCUT2D eigenvalue weighted by atomic mass is 16.5. The topological polar surface area (TPSA) is 38.9 Å². The minimum atomic E-state index is 0.641. The summed E-state index contributed by atoms with van der Waals surface area (Å²) in [7, 11) is 0. The van der Waals surface area contributed by atoms with Crippen LogP contribution >= 0.6 is 0 Å². The molecule has 0 saturated heterocycles. The molecular weight excluding hydrogens is 236 g/mol. The molecule has 2 aromatic carbocycles. The predicted octanol–water partition coefficient (Wildman–Crippen LogP) is 3.64. The molecule has 0 fully saturated rings. The molecule has 3 rings (SSSR count). The van der Waals surface area contributed by atoms with E-state index in [9.17, 15) is 0 Å². The SMILES string of the molecule is Cc1ccc(-c2noc(Cc3ccccc3)n2)cc1. The van der Waals surface area contributed by atoms with Crippen molar-refractivity contribution in [3.63, 3.8) is 0 Å². The van der Waals surface area contributed by atoms with Crippen molar-refractivity contribution in [3.8, 4) is 11.4 Å². The molecule has 0 amide bonds. The monoisotopic (exact) mass is 250 g/mol. The van der Waals surface area contributed by atoms with Crippen molar-refractivity contribution in [2.24, 2.45) is 0 Å². The Labute approximate surface area is 111 Å². The molecule has 19 heavy (non-hydrogen) atoms. The summed E-state index contributed by atoms with van der Waals surface area (Å²) in [6.45, 7) is 2.06. The number of hydrogen-bond donors (Lipinski definition) is 0. The molecule has 94 valence electrons. The van der Waals surface area contributed by atoms with E-state index in [1.807, 2.05) is 42.5 Å². The van der Waals surface area contributed by atoms with Gasteiger partial charge in [-0.25, -0.2) is 0 Å². The van der Waals surface area contributed by atoms with Crippen LogP contribution < -0.4 is 0 Å². The molecule has 0 aliphatic rings. The van der Waals surface area contributed by atoms with Gasteiger partial charge >= 0.3 is 0 Å². The van der Waals surface area contributed by atoms with Gasteiger partial charge < -0.3 is 4.52 Å². The average Bonchev–Trinajstić information content (AvgIpc) is 2.89. The molecule has 1 aromatic heterocycles. The summed E-state index contributed by atoms with van der Waals surface area (Å²) in [6.07, 6.45) is 0.666. The Balaban J connectivity index is 1.82. The van der Waals surface area contributed by atoms with E-state index in [2.05, 4.69) is 29.2 Å². The van der Waals surface area contributed by atoms with Crippen molar-refractivity contribution in [1.82, 2.24) is 10.1 Å². The van der Waals surface area contributed by atoms with Crippen LogP contribution in [-0.2, 0) is 6.42 Å². The minimum Gasteiger partial charge on any atom is -0.339 e. The lowest BCUT2D eigenvalue weighted by molar-refractivity contribution is 0.385. The molecule has 3 heteroatoms. The van der Waals surface area contributed by atoms with Crippen molar-refractivity contribution in [2.45, 2.75) is 13.3 Å². The van der Waals surface area contributed by atoms with Crippen LogP contribution in [0, 0.1) is 6.92 Å². The maximum absolute atomic E-state index is 5.29. The minimum absolute atomic E-state index is 0.641. The Bertz CT molecular complexity index is 657. The van der Waals surface area contributed by atoms with Gasteiger partial charge in [0.2, 0.25) is 11.7 Å². The van der Waals surface area contributed by atoms with E-state index in [1.54, 1.807) is 0 Å². The molecule has 1 heterocycles. The van der Waals surface area contributed by atoms with Crippen LogP contribution in [0.15, 0.2) is 59.1 Å². The highest BCUT2D eigenvalue weighted by Gasteiger charge is 2.08. The first kappa shape index (κ1) is 11.7. The zero-order valence-electron chi connectivity index (χ0n) is 10.7. The Morgan fingerprint density at radius 1 is 0.947 bits per heavy atom. The molecule has 0 unspecified atom stereocenters. The Hall–Kier alpha value is -2.42. The van der Waals surface area contributed by atoms with Gasteiger partial charge in [-0.3, -0.25) is 0 Å². The average molecular weight is 250 g/mol. The second-order valence-corrected chi connectivity index (χ2v) is 4.54. The summed E-state index contributed by atoms with van der Waals surface area (Å²) < 4.78 is 5.29. The lowest BCUT2D eigenvalue weighted by atomic mass is 10.1. The maximum atomic E-state index is 5.29. The molecule has 0 atom stereocenters. The fourth-order valence-electron chi connectivity index (χ4n) is 1.92. The van der Waals surface area contributed by atoms with Crippen LogP contribution in [0.1, 0.15) is 17.0 Å². The molecule has 3 aromatic rings. The van der Waals surface area contributed by atoms with E-state index >= 15 is 0 Å². The van der Waals surface area contributed by atoms with Crippen LogP contribution in [0.3, 0.4) is 0 Å². The van der Waals surface area contributed by atoms with Crippen LogP contribution in [0.4, 0.5) is 0 Å². The molecule has 3 nitrogen and oxygen atoms in total. The molecule has 0 spiro atoms. The van der Waals surface area contributed by atoms with E-state index in [0.717, 1.165) is 5.56 Å². The molecule has 0 saturated carbocycles. The van der Waals surface area contributed by atoms with Crippen molar-refractivity contribution in [2.75, 3.05) is 0 Å². The van der Waals surface area contributed by atoms with Gasteiger partial charge in [-0.2, -0.15) is 4.98 Å². The van der Waals surface area contributed by atoms with Gasteiger partial charge in [0.15, 0.2) is 0 Å². The van der Waals surface area contributed by atoms with E-state index < -0.39 is 0 Å². The maximum Gasteiger partial charge on any atom is 0.231 e. The van der Waals surface area contributed by atoms with Crippen molar-refractivity contribution < 1.29 is 4.52 Å². The van der Waals surface area contributed by atoms with E-state index in [4.69, 9.17) is 4.52 Å². The number of rotatable bonds is 3. The normalized spacial score (nSPS) is 10.6. The lowest BCUT2D eigenvalue weighted by Gasteiger charge is -1.95. The zero-order chi connectivity index (χ0) is 13.1. The number of nitrogens with zero attached hydrogens (tertiary/aromatic N) is 2. The van der Waals surface area contributed by atoms with Gasteiger partial charge in [-0.05, 0) is 12.5 Å². The first-order valence-corrected chi connectivity index (χ1v) is 6.25. The van der Waals surface area contributed by atoms with Gasteiger partial charge in [0.1, 0.15) is 0 Å². The fraction of sp³-hybridized carbons (Fsp3) is 0.125. The van der Waals surface area contributed by atoms with Gasteiger partial charge in [-0.1, -0.05) is 65.3 Å². The van der Waals surface area contributed by atoms with Crippen LogP contribution in [0.2, 0.25) is 0 Å². The Morgan fingerprint density at radius 3 is 2.42 bits per heavy atom.